The Bertz CT molecular complexity index is 523. The van der Waals surface area contributed by atoms with Crippen LogP contribution >= 0.6 is 0 Å². The Hall–Kier alpha value is -2.42. The first-order valence-electron chi connectivity index (χ1n) is 5.65. The van der Waals surface area contributed by atoms with Crippen molar-refractivity contribution in [3.63, 3.8) is 0 Å². The predicted octanol–water partition coefficient (Wildman–Crippen LogP) is 1.59. The number of hydrogen-bond donors (Lipinski definition) is 0. The van der Waals surface area contributed by atoms with Gasteiger partial charge >= 0.3 is 0 Å². The largest absolute Gasteiger partial charge is 0.493 e. The van der Waals surface area contributed by atoms with Crippen molar-refractivity contribution in [2.75, 3.05) is 27.9 Å². The summed E-state index contributed by atoms with van der Waals surface area (Å²) >= 11 is 0. The molecule has 1 aliphatic rings. The third-order valence-electron chi connectivity index (χ3n) is 2.85. The second kappa shape index (κ2) is 5.48. The number of rotatable bonds is 4. The minimum atomic E-state index is -0.386. The van der Waals surface area contributed by atoms with E-state index in [0.29, 0.717) is 23.0 Å². The van der Waals surface area contributed by atoms with Crippen LogP contribution in [0.25, 0.3) is 0 Å². The van der Waals surface area contributed by atoms with E-state index < -0.39 is 0 Å². The van der Waals surface area contributed by atoms with Gasteiger partial charge in [-0.05, 0) is 12.1 Å². The monoisotopic (exact) mass is 262 g/mol. The molecule has 6 nitrogen and oxygen atoms in total. The highest BCUT2D eigenvalue weighted by Crippen LogP contribution is 2.39. The molecule has 1 aliphatic heterocycles. The van der Waals surface area contributed by atoms with Crippen LogP contribution in [0.3, 0.4) is 0 Å². The lowest BCUT2D eigenvalue weighted by atomic mass is 9.98. The molecule has 0 aromatic heterocycles. The maximum Gasteiger partial charge on any atom is 0.203 e. The van der Waals surface area contributed by atoms with Crippen molar-refractivity contribution < 1.29 is 19.0 Å². The fraction of sp³-hybridized carbons (Fsp3) is 0.385. The van der Waals surface area contributed by atoms with Crippen molar-refractivity contribution in [3.8, 4) is 23.3 Å². The summed E-state index contributed by atoms with van der Waals surface area (Å²) in [5.74, 6) is 1.15. The molecule has 1 unspecified atom stereocenters. The maximum atomic E-state index is 9.05. The van der Waals surface area contributed by atoms with E-state index in [1.807, 2.05) is 0 Å². The number of hydrogen-bond acceptors (Lipinski definition) is 6. The van der Waals surface area contributed by atoms with E-state index in [-0.39, 0.29) is 12.5 Å². The molecule has 0 fully saturated rings. The van der Waals surface area contributed by atoms with Crippen LogP contribution in [-0.2, 0) is 4.84 Å². The Balaban J connectivity index is 2.51. The van der Waals surface area contributed by atoms with Gasteiger partial charge in [0, 0.05) is 5.56 Å². The summed E-state index contributed by atoms with van der Waals surface area (Å²) in [6.07, 6.45) is 0. The van der Waals surface area contributed by atoms with Gasteiger partial charge in [-0.25, -0.2) is 0 Å². The average molecular weight is 262 g/mol. The highest BCUT2D eigenvalue weighted by atomic mass is 16.6. The number of ether oxygens (including phenoxy) is 3. The number of nitriles is 1. The molecule has 1 aromatic rings. The Kier molecular flexibility index (Phi) is 3.76. The zero-order chi connectivity index (χ0) is 13.8. The van der Waals surface area contributed by atoms with E-state index >= 15 is 0 Å². The van der Waals surface area contributed by atoms with E-state index in [2.05, 4.69) is 11.2 Å². The Morgan fingerprint density at radius 2 is 1.84 bits per heavy atom. The number of oxime groups is 1. The van der Waals surface area contributed by atoms with Gasteiger partial charge in [0.05, 0.1) is 27.4 Å². The Morgan fingerprint density at radius 1 is 1.21 bits per heavy atom. The zero-order valence-corrected chi connectivity index (χ0v) is 11.0. The summed E-state index contributed by atoms with van der Waals surface area (Å²) in [4.78, 5) is 4.97. The number of benzene rings is 1. The summed E-state index contributed by atoms with van der Waals surface area (Å²) in [6.45, 7) is 0.266. The lowest BCUT2D eigenvalue weighted by molar-refractivity contribution is 0.163. The van der Waals surface area contributed by atoms with Crippen LogP contribution in [0, 0.1) is 17.2 Å². The maximum absolute atomic E-state index is 9.05. The topological polar surface area (TPSA) is 73.1 Å². The first-order valence-corrected chi connectivity index (χ1v) is 5.65. The van der Waals surface area contributed by atoms with Crippen LogP contribution in [0.1, 0.15) is 5.56 Å². The van der Waals surface area contributed by atoms with Crippen molar-refractivity contribution in [2.45, 2.75) is 0 Å². The summed E-state index contributed by atoms with van der Waals surface area (Å²) in [6, 6.07) is 5.65. The molecule has 1 aromatic carbocycles. The molecule has 1 heterocycles. The molecule has 0 radical (unpaired) electrons. The van der Waals surface area contributed by atoms with E-state index in [9.17, 15) is 0 Å². The second-order valence-electron chi connectivity index (χ2n) is 3.87. The van der Waals surface area contributed by atoms with Crippen LogP contribution in [0.15, 0.2) is 17.3 Å². The molecular weight excluding hydrogens is 248 g/mol. The van der Waals surface area contributed by atoms with Gasteiger partial charge in [0.1, 0.15) is 18.2 Å². The lowest BCUT2D eigenvalue weighted by Gasteiger charge is -2.14. The molecule has 0 saturated heterocycles. The van der Waals surface area contributed by atoms with E-state index in [0.717, 1.165) is 5.56 Å². The molecule has 0 saturated carbocycles. The summed E-state index contributed by atoms with van der Waals surface area (Å²) < 4.78 is 15.8. The zero-order valence-electron chi connectivity index (χ0n) is 11.0. The lowest BCUT2D eigenvalue weighted by Crippen LogP contribution is -2.12. The fourth-order valence-corrected chi connectivity index (χ4v) is 1.91. The minimum Gasteiger partial charge on any atom is -0.493 e. The second-order valence-corrected chi connectivity index (χ2v) is 3.87. The van der Waals surface area contributed by atoms with Crippen LogP contribution < -0.4 is 14.2 Å². The first-order chi connectivity index (χ1) is 9.24. The van der Waals surface area contributed by atoms with Crippen molar-refractivity contribution in [1.82, 2.24) is 0 Å². The predicted molar refractivity (Wildman–Crippen MR) is 67.7 cm³/mol. The molecule has 6 heteroatoms. The van der Waals surface area contributed by atoms with Gasteiger partial charge in [0.2, 0.25) is 5.75 Å². The SMILES string of the molecule is COc1cc(C2=NOCC2C#N)cc(OC)c1OC. The van der Waals surface area contributed by atoms with Crippen molar-refractivity contribution in [3.05, 3.63) is 17.7 Å². The molecule has 0 bridgehead atoms. The van der Waals surface area contributed by atoms with Gasteiger partial charge in [-0.1, -0.05) is 5.16 Å². The third-order valence-corrected chi connectivity index (χ3v) is 2.85. The normalized spacial score (nSPS) is 17.2. The average Bonchev–Trinajstić information content (AvgIpc) is 2.93. The highest BCUT2D eigenvalue weighted by molar-refractivity contribution is 6.05. The van der Waals surface area contributed by atoms with Crippen LogP contribution in [-0.4, -0.2) is 33.6 Å². The smallest absolute Gasteiger partial charge is 0.203 e. The van der Waals surface area contributed by atoms with Crippen LogP contribution in [0.4, 0.5) is 0 Å². The standard InChI is InChI=1S/C13H14N2O4/c1-16-10-4-8(5-11(17-2)13(10)18-3)12-9(6-14)7-19-15-12/h4-5,9H,7H2,1-3H3. The van der Waals surface area contributed by atoms with E-state index in [1.165, 1.54) is 21.3 Å². The van der Waals surface area contributed by atoms with Gasteiger partial charge in [0.15, 0.2) is 11.5 Å². The van der Waals surface area contributed by atoms with Crippen molar-refractivity contribution in [2.24, 2.45) is 11.1 Å². The van der Waals surface area contributed by atoms with Crippen molar-refractivity contribution in [1.29, 1.82) is 5.26 Å². The Labute approximate surface area is 111 Å². The van der Waals surface area contributed by atoms with Crippen LogP contribution in [0.2, 0.25) is 0 Å². The molecular formula is C13H14N2O4. The Morgan fingerprint density at radius 3 is 2.32 bits per heavy atom. The summed E-state index contributed by atoms with van der Waals surface area (Å²) in [5.41, 5.74) is 1.29. The molecule has 0 N–H and O–H groups in total. The molecule has 0 spiro atoms. The van der Waals surface area contributed by atoms with Crippen LogP contribution in [0.5, 0.6) is 17.2 Å². The molecule has 2 rings (SSSR count). The minimum absolute atomic E-state index is 0.266. The van der Waals surface area contributed by atoms with E-state index in [1.54, 1.807) is 12.1 Å². The van der Waals surface area contributed by atoms with Gasteiger partial charge in [-0.2, -0.15) is 5.26 Å². The van der Waals surface area contributed by atoms with E-state index in [4.69, 9.17) is 24.3 Å². The van der Waals surface area contributed by atoms with Gasteiger partial charge < -0.3 is 19.0 Å². The van der Waals surface area contributed by atoms with Gasteiger partial charge in [0.25, 0.3) is 0 Å². The fourth-order valence-electron chi connectivity index (χ4n) is 1.91. The third kappa shape index (κ3) is 2.27. The van der Waals surface area contributed by atoms with Crippen molar-refractivity contribution >= 4 is 5.71 Å². The molecule has 100 valence electrons. The summed E-state index contributed by atoms with van der Waals surface area (Å²) in [7, 11) is 4.61. The number of nitrogens with zero attached hydrogens (tertiary/aromatic N) is 2. The molecule has 0 amide bonds. The highest BCUT2D eigenvalue weighted by Gasteiger charge is 2.26. The summed E-state index contributed by atoms with van der Waals surface area (Å²) in [5, 5.41) is 13.0. The van der Waals surface area contributed by atoms with Gasteiger partial charge in [-0.15, -0.1) is 0 Å². The molecule has 19 heavy (non-hydrogen) atoms. The molecule has 0 aliphatic carbocycles. The first kappa shape index (κ1) is 13.0. The molecule has 1 atom stereocenters. The van der Waals surface area contributed by atoms with Gasteiger partial charge in [-0.3, -0.25) is 0 Å². The quantitative estimate of drug-likeness (QED) is 0.823. The number of methoxy groups -OCH3 is 3.